The Balaban J connectivity index is 1.75. The number of hydrogen-bond donors (Lipinski definition) is 3. The van der Waals surface area contributed by atoms with Gasteiger partial charge in [0.1, 0.15) is 5.60 Å². The second-order valence-corrected chi connectivity index (χ2v) is 7.50. The van der Waals surface area contributed by atoms with Crippen LogP contribution in [0.4, 0.5) is 4.79 Å². The molecule has 3 N–H and O–H groups in total. The molecule has 2 atom stereocenters. The van der Waals surface area contributed by atoms with Gasteiger partial charge in [-0.05, 0) is 40.0 Å². The van der Waals surface area contributed by atoms with E-state index in [1.54, 1.807) is 4.90 Å². The highest BCUT2D eigenvalue weighted by Gasteiger charge is 2.37. The Morgan fingerprint density at radius 1 is 1.25 bits per heavy atom. The third-order valence-corrected chi connectivity index (χ3v) is 4.35. The Kier molecular flexibility index (Phi) is 6.11. The molecule has 2 aliphatic rings. The van der Waals surface area contributed by atoms with Crippen LogP contribution in [0.5, 0.6) is 0 Å². The molecule has 0 spiro atoms. The van der Waals surface area contributed by atoms with E-state index in [0.29, 0.717) is 26.1 Å². The summed E-state index contributed by atoms with van der Waals surface area (Å²) in [5.74, 6) is -0.651. The molecule has 0 radical (unpaired) electrons. The van der Waals surface area contributed by atoms with Crippen LogP contribution in [0.1, 0.15) is 40.0 Å². The van der Waals surface area contributed by atoms with E-state index in [1.807, 2.05) is 20.8 Å². The standard InChI is InChI=1S/C15H28BN3O5/c1-15(2,3)24-14(21)18-8-6-11(10-18)17-9-13(20)19-7-4-5-12(19)16(22)23/h11-12,17,22-23H,4-10H2,1-3H3/t11-,12-/m0/s1. The quantitative estimate of drug-likeness (QED) is 0.601. The van der Waals surface area contributed by atoms with Crippen molar-refractivity contribution in [2.75, 3.05) is 26.2 Å². The van der Waals surface area contributed by atoms with Crippen molar-refractivity contribution in [3.05, 3.63) is 0 Å². The summed E-state index contributed by atoms with van der Waals surface area (Å²) in [6, 6.07) is 0.0431. The summed E-state index contributed by atoms with van der Waals surface area (Å²) in [6.07, 6.45) is 1.82. The van der Waals surface area contributed by atoms with E-state index in [0.717, 1.165) is 12.8 Å². The molecular formula is C15H28BN3O5. The van der Waals surface area contributed by atoms with Crippen molar-refractivity contribution >= 4 is 19.1 Å². The van der Waals surface area contributed by atoms with Crippen molar-refractivity contribution in [2.24, 2.45) is 0 Å². The Morgan fingerprint density at radius 3 is 2.58 bits per heavy atom. The van der Waals surface area contributed by atoms with E-state index in [-0.39, 0.29) is 24.6 Å². The van der Waals surface area contributed by atoms with Gasteiger partial charge in [0, 0.05) is 25.7 Å². The molecule has 2 fully saturated rings. The SMILES string of the molecule is CC(C)(C)OC(=O)N1CC[C@H](NCC(=O)N2CCC[C@H]2B(O)O)C1. The van der Waals surface area contributed by atoms with Crippen LogP contribution < -0.4 is 5.32 Å². The van der Waals surface area contributed by atoms with Crippen LogP contribution in [0, 0.1) is 0 Å². The molecule has 2 amide bonds. The van der Waals surface area contributed by atoms with Crippen LogP contribution in [0.2, 0.25) is 0 Å². The first-order valence-electron chi connectivity index (χ1n) is 8.54. The number of amides is 2. The van der Waals surface area contributed by atoms with Gasteiger partial charge in [0.05, 0.1) is 12.5 Å². The molecule has 2 heterocycles. The first-order valence-corrected chi connectivity index (χ1v) is 8.54. The monoisotopic (exact) mass is 341 g/mol. The highest BCUT2D eigenvalue weighted by atomic mass is 16.6. The zero-order chi connectivity index (χ0) is 17.9. The average Bonchev–Trinajstić information content (AvgIpc) is 3.12. The van der Waals surface area contributed by atoms with Crippen molar-refractivity contribution in [1.82, 2.24) is 15.1 Å². The number of nitrogens with zero attached hydrogens (tertiary/aromatic N) is 2. The van der Waals surface area contributed by atoms with Crippen molar-refractivity contribution in [2.45, 2.75) is 57.6 Å². The number of likely N-dealkylation sites (tertiary alicyclic amines) is 2. The number of hydrogen-bond acceptors (Lipinski definition) is 6. The molecule has 0 bridgehead atoms. The fourth-order valence-corrected chi connectivity index (χ4v) is 3.16. The van der Waals surface area contributed by atoms with Crippen LogP contribution in [0.15, 0.2) is 0 Å². The first-order chi connectivity index (χ1) is 11.2. The molecule has 0 unspecified atom stereocenters. The summed E-state index contributed by atoms with van der Waals surface area (Å²) in [5, 5.41) is 21.8. The summed E-state index contributed by atoms with van der Waals surface area (Å²) in [4.78, 5) is 27.4. The van der Waals surface area contributed by atoms with Gasteiger partial charge >= 0.3 is 13.2 Å². The summed E-state index contributed by atoms with van der Waals surface area (Å²) in [5.41, 5.74) is -0.519. The second-order valence-electron chi connectivity index (χ2n) is 7.50. The van der Waals surface area contributed by atoms with Gasteiger partial charge in [0.15, 0.2) is 0 Å². The van der Waals surface area contributed by atoms with E-state index in [1.165, 1.54) is 4.90 Å². The first kappa shape index (κ1) is 19.0. The minimum Gasteiger partial charge on any atom is -0.444 e. The lowest BCUT2D eigenvalue weighted by molar-refractivity contribution is -0.130. The summed E-state index contributed by atoms with van der Waals surface area (Å²) in [7, 11) is -1.49. The van der Waals surface area contributed by atoms with Crippen LogP contribution in [0.3, 0.4) is 0 Å². The molecule has 0 aliphatic carbocycles. The highest BCUT2D eigenvalue weighted by molar-refractivity contribution is 6.43. The largest absolute Gasteiger partial charge is 0.475 e. The third-order valence-electron chi connectivity index (χ3n) is 4.35. The molecule has 0 aromatic carbocycles. The molecule has 0 saturated carbocycles. The van der Waals surface area contributed by atoms with E-state index in [9.17, 15) is 19.6 Å². The second kappa shape index (κ2) is 7.71. The molecular weight excluding hydrogens is 313 g/mol. The Hall–Kier alpha value is -1.32. The van der Waals surface area contributed by atoms with Gasteiger partial charge in [-0.1, -0.05) is 0 Å². The van der Waals surface area contributed by atoms with Crippen LogP contribution >= 0.6 is 0 Å². The van der Waals surface area contributed by atoms with E-state index >= 15 is 0 Å². The number of ether oxygens (including phenoxy) is 1. The lowest BCUT2D eigenvalue weighted by atomic mass is 9.78. The fraction of sp³-hybridized carbons (Fsp3) is 0.867. The number of carbonyl (C=O) groups is 2. The molecule has 8 nitrogen and oxygen atoms in total. The summed E-state index contributed by atoms with van der Waals surface area (Å²) >= 11 is 0. The van der Waals surface area contributed by atoms with Crippen LogP contribution in [-0.4, -0.2) is 82.7 Å². The molecule has 2 aliphatic heterocycles. The maximum atomic E-state index is 12.3. The third kappa shape index (κ3) is 5.09. The maximum absolute atomic E-state index is 12.3. The molecule has 2 saturated heterocycles. The predicted molar refractivity (Wildman–Crippen MR) is 89.1 cm³/mol. The van der Waals surface area contributed by atoms with Crippen LogP contribution in [-0.2, 0) is 9.53 Å². The van der Waals surface area contributed by atoms with Crippen molar-refractivity contribution in [3.8, 4) is 0 Å². The van der Waals surface area contributed by atoms with Gasteiger partial charge in [-0.15, -0.1) is 0 Å². The minimum absolute atomic E-state index is 0.0431. The molecule has 0 aromatic heterocycles. The summed E-state index contributed by atoms with van der Waals surface area (Å²) < 4.78 is 5.35. The highest BCUT2D eigenvalue weighted by Crippen LogP contribution is 2.18. The van der Waals surface area contributed by atoms with Gasteiger partial charge in [-0.25, -0.2) is 4.79 Å². The van der Waals surface area contributed by atoms with Crippen molar-refractivity contribution < 1.29 is 24.4 Å². The predicted octanol–water partition coefficient (Wildman–Crippen LogP) is -0.412. The fourth-order valence-electron chi connectivity index (χ4n) is 3.16. The van der Waals surface area contributed by atoms with E-state index < -0.39 is 18.7 Å². The molecule has 2 rings (SSSR count). The van der Waals surface area contributed by atoms with E-state index in [4.69, 9.17) is 4.74 Å². The van der Waals surface area contributed by atoms with Crippen LogP contribution in [0.25, 0.3) is 0 Å². The normalized spacial score (nSPS) is 24.4. The number of rotatable bonds is 4. The molecule has 24 heavy (non-hydrogen) atoms. The zero-order valence-corrected chi connectivity index (χ0v) is 14.7. The van der Waals surface area contributed by atoms with E-state index in [2.05, 4.69) is 5.32 Å². The van der Waals surface area contributed by atoms with Gasteiger partial charge in [0.2, 0.25) is 5.91 Å². The smallest absolute Gasteiger partial charge is 0.444 e. The lowest BCUT2D eigenvalue weighted by Crippen LogP contribution is -2.49. The van der Waals surface area contributed by atoms with Gasteiger partial charge in [-0.3, -0.25) is 4.79 Å². The molecule has 9 heteroatoms. The van der Waals surface area contributed by atoms with Crippen molar-refractivity contribution in [1.29, 1.82) is 0 Å². The maximum Gasteiger partial charge on any atom is 0.475 e. The minimum atomic E-state index is -1.49. The summed E-state index contributed by atoms with van der Waals surface area (Å²) in [6.45, 7) is 7.29. The Labute approximate surface area is 143 Å². The lowest BCUT2D eigenvalue weighted by Gasteiger charge is -2.25. The number of carbonyl (C=O) groups excluding carboxylic acids is 2. The Bertz CT molecular complexity index is 469. The zero-order valence-electron chi connectivity index (χ0n) is 14.7. The Morgan fingerprint density at radius 2 is 1.96 bits per heavy atom. The van der Waals surface area contributed by atoms with Gasteiger partial charge in [-0.2, -0.15) is 0 Å². The molecule has 136 valence electrons. The molecule has 0 aromatic rings. The van der Waals surface area contributed by atoms with Crippen molar-refractivity contribution in [3.63, 3.8) is 0 Å². The number of nitrogens with one attached hydrogen (secondary N) is 1. The van der Waals surface area contributed by atoms with Gasteiger partial charge < -0.3 is 29.9 Å². The van der Waals surface area contributed by atoms with Gasteiger partial charge in [0.25, 0.3) is 0 Å². The average molecular weight is 341 g/mol. The topological polar surface area (TPSA) is 102 Å².